The molecule has 124 valence electrons. The van der Waals surface area contributed by atoms with Gasteiger partial charge in [0, 0.05) is 12.5 Å². The average molecular weight is 353 g/mol. The van der Waals surface area contributed by atoms with Crippen molar-refractivity contribution in [2.24, 2.45) is 0 Å². The maximum Gasteiger partial charge on any atom is 0.234 e. The molecule has 1 aromatic heterocycles. The van der Waals surface area contributed by atoms with Gasteiger partial charge in [-0.05, 0) is 18.6 Å². The summed E-state index contributed by atoms with van der Waals surface area (Å²) >= 11 is 7.43. The molecular weight excluding hydrogens is 332 g/mol. The molecule has 0 atom stereocenters. The van der Waals surface area contributed by atoms with Gasteiger partial charge in [-0.3, -0.25) is 4.79 Å². The summed E-state index contributed by atoms with van der Waals surface area (Å²) in [6.45, 7) is 7.15. The molecule has 0 spiro atoms. The van der Waals surface area contributed by atoms with Gasteiger partial charge in [0.1, 0.15) is 5.82 Å². The zero-order chi connectivity index (χ0) is 16.8. The van der Waals surface area contributed by atoms with Gasteiger partial charge in [0.25, 0.3) is 0 Å². The smallest absolute Gasteiger partial charge is 0.234 e. The molecule has 1 N–H and O–H groups in total. The van der Waals surface area contributed by atoms with Crippen molar-refractivity contribution in [2.75, 3.05) is 11.1 Å². The lowest BCUT2D eigenvalue weighted by Crippen LogP contribution is -2.15. The lowest BCUT2D eigenvalue weighted by molar-refractivity contribution is -0.113. The van der Waals surface area contributed by atoms with Crippen LogP contribution in [0.3, 0.4) is 0 Å². The largest absolute Gasteiger partial charge is 0.324 e. The van der Waals surface area contributed by atoms with E-state index in [2.05, 4.69) is 40.9 Å². The maximum atomic E-state index is 12.1. The van der Waals surface area contributed by atoms with Crippen LogP contribution in [-0.2, 0) is 11.3 Å². The summed E-state index contributed by atoms with van der Waals surface area (Å²) in [4.78, 5) is 12.1. The number of anilines is 1. The molecule has 0 saturated heterocycles. The number of carbonyl (C=O) groups is 1. The number of amides is 1. The van der Waals surface area contributed by atoms with E-state index in [1.54, 1.807) is 12.1 Å². The van der Waals surface area contributed by atoms with Crippen molar-refractivity contribution >= 4 is 35.0 Å². The standard InChI is InChI=1S/C16H21ClN4OS/c1-4-9-21-15(11(2)3)19-20-16(21)23-10-14(22)18-13-8-6-5-7-12(13)17/h5-8,11H,4,9-10H2,1-3H3,(H,18,22). The third-order valence-electron chi connectivity index (χ3n) is 3.19. The fraction of sp³-hybridized carbons (Fsp3) is 0.438. The van der Waals surface area contributed by atoms with E-state index in [1.807, 2.05) is 12.1 Å². The van der Waals surface area contributed by atoms with Crippen LogP contribution < -0.4 is 5.32 Å². The molecule has 2 rings (SSSR count). The van der Waals surface area contributed by atoms with Gasteiger partial charge in [-0.2, -0.15) is 0 Å². The van der Waals surface area contributed by atoms with Crippen LogP contribution in [0.15, 0.2) is 29.4 Å². The molecule has 1 amide bonds. The van der Waals surface area contributed by atoms with E-state index >= 15 is 0 Å². The quantitative estimate of drug-likeness (QED) is 0.759. The number of benzene rings is 1. The van der Waals surface area contributed by atoms with E-state index < -0.39 is 0 Å². The Hall–Kier alpha value is -1.53. The monoisotopic (exact) mass is 352 g/mol. The highest BCUT2D eigenvalue weighted by Gasteiger charge is 2.16. The Kier molecular flexibility index (Phi) is 6.47. The first-order valence-electron chi connectivity index (χ1n) is 7.63. The second-order valence-electron chi connectivity index (χ2n) is 5.46. The summed E-state index contributed by atoms with van der Waals surface area (Å²) in [5.74, 6) is 1.42. The Balaban J connectivity index is 2.00. The van der Waals surface area contributed by atoms with Crippen LogP contribution in [0.1, 0.15) is 38.9 Å². The van der Waals surface area contributed by atoms with Crippen LogP contribution >= 0.6 is 23.4 Å². The van der Waals surface area contributed by atoms with Crippen molar-refractivity contribution in [3.8, 4) is 0 Å². The molecule has 0 unspecified atom stereocenters. The number of nitrogens with one attached hydrogen (secondary N) is 1. The van der Waals surface area contributed by atoms with Crippen molar-refractivity contribution < 1.29 is 4.79 Å². The van der Waals surface area contributed by atoms with Crippen molar-refractivity contribution in [1.82, 2.24) is 14.8 Å². The van der Waals surface area contributed by atoms with E-state index in [0.29, 0.717) is 16.6 Å². The van der Waals surface area contributed by atoms with Gasteiger partial charge in [-0.25, -0.2) is 0 Å². The molecule has 23 heavy (non-hydrogen) atoms. The predicted octanol–water partition coefficient (Wildman–Crippen LogP) is 4.20. The SMILES string of the molecule is CCCn1c(SCC(=O)Nc2ccccc2Cl)nnc1C(C)C. The van der Waals surface area contributed by atoms with Crippen LogP contribution in [0.5, 0.6) is 0 Å². The zero-order valence-electron chi connectivity index (χ0n) is 13.5. The molecule has 5 nitrogen and oxygen atoms in total. The minimum Gasteiger partial charge on any atom is -0.324 e. The molecule has 0 saturated carbocycles. The molecule has 0 bridgehead atoms. The summed E-state index contributed by atoms with van der Waals surface area (Å²) in [7, 11) is 0. The molecule has 2 aromatic rings. The van der Waals surface area contributed by atoms with Crippen LogP contribution in [-0.4, -0.2) is 26.4 Å². The summed E-state index contributed by atoms with van der Waals surface area (Å²) in [5.41, 5.74) is 0.623. The number of thioether (sulfide) groups is 1. The van der Waals surface area contributed by atoms with Crippen molar-refractivity contribution in [1.29, 1.82) is 0 Å². The first kappa shape index (κ1) is 17.8. The molecule has 7 heteroatoms. The number of halogens is 1. The molecule has 1 aromatic carbocycles. The van der Waals surface area contributed by atoms with Gasteiger partial charge in [-0.15, -0.1) is 10.2 Å². The topological polar surface area (TPSA) is 59.8 Å². The van der Waals surface area contributed by atoms with E-state index in [9.17, 15) is 4.79 Å². The minimum absolute atomic E-state index is 0.111. The Bertz CT molecular complexity index is 672. The molecule has 0 fully saturated rings. The van der Waals surface area contributed by atoms with Gasteiger partial charge < -0.3 is 9.88 Å². The summed E-state index contributed by atoms with van der Waals surface area (Å²) in [6.07, 6.45) is 0.997. The van der Waals surface area contributed by atoms with Crippen LogP contribution in [0, 0.1) is 0 Å². The highest BCUT2D eigenvalue weighted by molar-refractivity contribution is 7.99. The number of nitrogens with zero attached hydrogens (tertiary/aromatic N) is 3. The molecule has 0 aliphatic heterocycles. The molecule has 0 aliphatic carbocycles. The zero-order valence-corrected chi connectivity index (χ0v) is 15.1. The number of para-hydroxylation sites is 1. The Morgan fingerprint density at radius 3 is 2.74 bits per heavy atom. The Morgan fingerprint density at radius 2 is 2.09 bits per heavy atom. The summed E-state index contributed by atoms with van der Waals surface area (Å²) < 4.78 is 2.10. The van der Waals surface area contributed by atoms with Crippen LogP contribution in [0.4, 0.5) is 5.69 Å². The van der Waals surface area contributed by atoms with Gasteiger partial charge in [0.2, 0.25) is 5.91 Å². The first-order valence-corrected chi connectivity index (χ1v) is 8.99. The summed E-state index contributed by atoms with van der Waals surface area (Å²) in [6, 6.07) is 7.19. The molecule has 0 aliphatic rings. The number of aromatic nitrogens is 3. The first-order chi connectivity index (χ1) is 11.0. The molecule has 1 heterocycles. The molecular formula is C16H21ClN4OS. The van der Waals surface area contributed by atoms with E-state index in [0.717, 1.165) is 23.9 Å². The number of carbonyl (C=O) groups excluding carboxylic acids is 1. The number of hydrogen-bond donors (Lipinski definition) is 1. The average Bonchev–Trinajstić information content (AvgIpc) is 2.91. The second kappa shape index (κ2) is 8.36. The number of rotatable bonds is 7. The predicted molar refractivity (Wildman–Crippen MR) is 95.2 cm³/mol. The van der Waals surface area contributed by atoms with E-state index in [-0.39, 0.29) is 11.7 Å². The lowest BCUT2D eigenvalue weighted by Gasteiger charge is -2.11. The van der Waals surface area contributed by atoms with Gasteiger partial charge in [0.05, 0.1) is 16.5 Å². The normalized spacial score (nSPS) is 11.0. The third-order valence-corrected chi connectivity index (χ3v) is 4.49. The third kappa shape index (κ3) is 4.72. The van der Waals surface area contributed by atoms with E-state index in [1.165, 1.54) is 11.8 Å². The van der Waals surface area contributed by atoms with Crippen LogP contribution in [0.25, 0.3) is 0 Å². The van der Waals surface area contributed by atoms with Gasteiger partial charge >= 0.3 is 0 Å². The second-order valence-corrected chi connectivity index (χ2v) is 6.81. The van der Waals surface area contributed by atoms with Crippen molar-refractivity contribution in [3.05, 3.63) is 35.1 Å². The lowest BCUT2D eigenvalue weighted by atomic mass is 10.2. The fourth-order valence-corrected chi connectivity index (χ4v) is 3.10. The van der Waals surface area contributed by atoms with Gasteiger partial charge in [0.15, 0.2) is 5.16 Å². The van der Waals surface area contributed by atoms with Gasteiger partial charge in [-0.1, -0.05) is 56.3 Å². The van der Waals surface area contributed by atoms with Crippen molar-refractivity contribution in [2.45, 2.75) is 44.8 Å². The number of hydrogen-bond acceptors (Lipinski definition) is 4. The highest BCUT2D eigenvalue weighted by Crippen LogP contribution is 2.23. The highest BCUT2D eigenvalue weighted by atomic mass is 35.5. The maximum absolute atomic E-state index is 12.1. The molecule has 0 radical (unpaired) electrons. The Labute approximate surface area is 145 Å². The van der Waals surface area contributed by atoms with Crippen molar-refractivity contribution in [3.63, 3.8) is 0 Å². The fourth-order valence-electron chi connectivity index (χ4n) is 2.15. The van der Waals surface area contributed by atoms with E-state index in [4.69, 9.17) is 11.6 Å². The Morgan fingerprint density at radius 1 is 1.35 bits per heavy atom. The minimum atomic E-state index is -0.111. The summed E-state index contributed by atoms with van der Waals surface area (Å²) in [5, 5.41) is 12.6. The van der Waals surface area contributed by atoms with Crippen LogP contribution in [0.2, 0.25) is 5.02 Å².